The van der Waals surface area contributed by atoms with Crippen LogP contribution in [0.3, 0.4) is 0 Å². The zero-order valence-corrected chi connectivity index (χ0v) is 16.2. The van der Waals surface area contributed by atoms with Crippen LogP contribution in [0, 0.1) is 0 Å². The fraction of sp³-hybridized carbons (Fsp3) is 0.600. The molecule has 1 saturated heterocycles. The molecule has 2 aliphatic heterocycles. The van der Waals surface area contributed by atoms with Gasteiger partial charge in [0.25, 0.3) is 0 Å². The Morgan fingerprint density at radius 3 is 2.22 bits per heavy atom. The van der Waals surface area contributed by atoms with Crippen LogP contribution < -0.4 is 8.61 Å². The molecule has 0 N–H and O–H groups in total. The monoisotopic (exact) mass is 427 g/mol. The predicted molar refractivity (Wildman–Crippen MR) is 95.3 cm³/mol. The summed E-state index contributed by atoms with van der Waals surface area (Å²) < 4.78 is 90.2. The van der Waals surface area contributed by atoms with E-state index in [9.17, 15) is 30.0 Å². The Balaban J connectivity index is 1.73. The summed E-state index contributed by atoms with van der Waals surface area (Å²) in [5.74, 6) is -0.991. The van der Waals surface area contributed by atoms with Crippen molar-refractivity contribution in [1.82, 2.24) is 4.31 Å². The van der Waals surface area contributed by atoms with E-state index < -0.39 is 44.6 Å². The number of anilines is 2. The van der Waals surface area contributed by atoms with Gasteiger partial charge in [0.1, 0.15) is 0 Å². The van der Waals surface area contributed by atoms with Crippen LogP contribution in [0.4, 0.5) is 24.5 Å². The number of piperidine rings is 1. The van der Waals surface area contributed by atoms with Crippen LogP contribution in [0.1, 0.15) is 19.3 Å². The van der Waals surface area contributed by atoms with Gasteiger partial charge in [0.2, 0.25) is 10.0 Å². The molecule has 7 nitrogen and oxygen atoms in total. The van der Waals surface area contributed by atoms with Crippen molar-refractivity contribution in [2.24, 2.45) is 0 Å². The van der Waals surface area contributed by atoms with E-state index in [1.54, 1.807) is 24.3 Å². The molecule has 0 atom stereocenters. The van der Waals surface area contributed by atoms with Crippen molar-refractivity contribution < 1.29 is 30.0 Å². The third kappa shape index (κ3) is 3.87. The minimum atomic E-state index is -4.54. The summed E-state index contributed by atoms with van der Waals surface area (Å²) in [6, 6.07) is 6.36. The zero-order valence-electron chi connectivity index (χ0n) is 14.6. The third-order valence-corrected chi connectivity index (χ3v) is 8.60. The summed E-state index contributed by atoms with van der Waals surface area (Å²) in [6.07, 6.45) is -5.50. The molecule has 0 unspecified atom stereocenters. The quantitative estimate of drug-likeness (QED) is 0.736. The van der Waals surface area contributed by atoms with Gasteiger partial charge in [-0.15, -0.1) is 0 Å². The molecule has 0 aliphatic carbocycles. The molecule has 0 bridgehead atoms. The van der Waals surface area contributed by atoms with Crippen LogP contribution in [-0.2, 0) is 20.2 Å². The molecule has 2 heterocycles. The van der Waals surface area contributed by atoms with Crippen molar-refractivity contribution in [3.8, 4) is 0 Å². The topological polar surface area (TPSA) is 78.0 Å². The standard InChI is InChI=1S/C15H20F3N3O4S2/c1-19-13-4-2-3-5-14(13)21(27(19,24)25)12-6-9-20(10-7-12)26(22,23)11-8-15(16,17)18/h2-5,12H,6-11H2,1H3. The lowest BCUT2D eigenvalue weighted by Crippen LogP contribution is -2.50. The minimum Gasteiger partial charge on any atom is -0.254 e. The van der Waals surface area contributed by atoms with Crippen LogP contribution in [0.5, 0.6) is 0 Å². The highest BCUT2D eigenvalue weighted by Crippen LogP contribution is 2.42. The molecular weight excluding hydrogens is 407 g/mol. The summed E-state index contributed by atoms with van der Waals surface area (Å²) in [5, 5.41) is 0. The fourth-order valence-corrected chi connectivity index (χ4v) is 6.58. The highest BCUT2D eigenvalue weighted by atomic mass is 32.2. The van der Waals surface area contributed by atoms with E-state index >= 15 is 0 Å². The van der Waals surface area contributed by atoms with E-state index in [1.165, 1.54) is 15.7 Å². The Morgan fingerprint density at radius 1 is 1.11 bits per heavy atom. The Hall–Kier alpha value is -1.53. The number of nitrogens with zero attached hydrogens (tertiary/aromatic N) is 3. The van der Waals surface area contributed by atoms with Crippen LogP contribution in [-0.4, -0.2) is 59.2 Å². The van der Waals surface area contributed by atoms with Crippen molar-refractivity contribution in [3.05, 3.63) is 24.3 Å². The average Bonchev–Trinajstić information content (AvgIpc) is 2.79. The van der Waals surface area contributed by atoms with Gasteiger partial charge < -0.3 is 0 Å². The van der Waals surface area contributed by atoms with Crippen LogP contribution >= 0.6 is 0 Å². The largest absolute Gasteiger partial charge is 0.390 e. The van der Waals surface area contributed by atoms with Gasteiger partial charge >= 0.3 is 16.4 Å². The molecule has 0 amide bonds. The maximum atomic E-state index is 12.7. The van der Waals surface area contributed by atoms with Crippen molar-refractivity contribution >= 4 is 31.6 Å². The normalized spacial score (nSPS) is 21.5. The van der Waals surface area contributed by atoms with Crippen LogP contribution in [0.2, 0.25) is 0 Å². The highest BCUT2D eigenvalue weighted by Gasteiger charge is 2.44. The van der Waals surface area contributed by atoms with Gasteiger partial charge in [0.15, 0.2) is 0 Å². The van der Waals surface area contributed by atoms with Gasteiger partial charge in [-0.25, -0.2) is 17.0 Å². The number of halogens is 3. The van der Waals surface area contributed by atoms with Gasteiger partial charge in [-0.2, -0.15) is 21.6 Å². The Kier molecular flexibility index (Phi) is 5.10. The molecule has 152 valence electrons. The first-order valence-corrected chi connectivity index (χ1v) is 11.4. The molecule has 0 spiro atoms. The summed E-state index contributed by atoms with van der Waals surface area (Å²) in [7, 11) is -6.34. The first-order valence-electron chi connectivity index (χ1n) is 8.35. The number of alkyl halides is 3. The zero-order chi connectivity index (χ0) is 20.0. The van der Waals surface area contributed by atoms with Crippen molar-refractivity contribution in [2.75, 3.05) is 34.5 Å². The van der Waals surface area contributed by atoms with Gasteiger partial charge in [-0.1, -0.05) is 12.1 Å². The molecular formula is C15H20F3N3O4S2. The molecule has 2 aliphatic rings. The van der Waals surface area contributed by atoms with Gasteiger partial charge in [-0.05, 0) is 25.0 Å². The van der Waals surface area contributed by atoms with E-state index in [0.29, 0.717) is 11.4 Å². The number of fused-ring (bicyclic) bond motifs is 1. The van der Waals surface area contributed by atoms with Crippen molar-refractivity contribution in [1.29, 1.82) is 0 Å². The second kappa shape index (κ2) is 6.82. The number of benzene rings is 1. The number of hydrogen-bond donors (Lipinski definition) is 0. The van der Waals surface area contributed by atoms with E-state index in [4.69, 9.17) is 0 Å². The second-order valence-electron chi connectivity index (χ2n) is 6.57. The maximum Gasteiger partial charge on any atom is 0.390 e. The summed E-state index contributed by atoms with van der Waals surface area (Å²) in [5.41, 5.74) is 1.07. The maximum absolute atomic E-state index is 12.7. The Bertz CT molecular complexity index is 910. The van der Waals surface area contributed by atoms with E-state index in [0.717, 1.165) is 4.31 Å². The summed E-state index contributed by atoms with van der Waals surface area (Å²) in [6.45, 7) is -0.0223. The third-order valence-electron chi connectivity index (χ3n) is 4.85. The van der Waals surface area contributed by atoms with E-state index in [1.807, 2.05) is 0 Å². The lowest BCUT2D eigenvalue weighted by Gasteiger charge is -2.36. The minimum absolute atomic E-state index is 0.0112. The highest BCUT2D eigenvalue weighted by molar-refractivity contribution is 7.94. The molecule has 1 aromatic carbocycles. The van der Waals surface area contributed by atoms with E-state index in [2.05, 4.69) is 0 Å². The fourth-order valence-electron chi connectivity index (χ4n) is 3.41. The molecule has 0 aromatic heterocycles. The van der Waals surface area contributed by atoms with E-state index in [-0.39, 0.29) is 25.9 Å². The number of rotatable bonds is 4. The first kappa shape index (κ1) is 20.2. The smallest absolute Gasteiger partial charge is 0.254 e. The van der Waals surface area contributed by atoms with Gasteiger partial charge in [-0.3, -0.25) is 4.31 Å². The molecule has 27 heavy (non-hydrogen) atoms. The molecule has 0 saturated carbocycles. The van der Waals surface area contributed by atoms with Crippen LogP contribution in [0.15, 0.2) is 24.3 Å². The molecule has 0 radical (unpaired) electrons. The number of sulfonamides is 1. The Labute approximate surface area is 156 Å². The first-order chi connectivity index (χ1) is 12.4. The molecule has 3 rings (SSSR count). The lowest BCUT2D eigenvalue weighted by molar-refractivity contribution is -0.130. The van der Waals surface area contributed by atoms with Crippen molar-refractivity contribution in [3.63, 3.8) is 0 Å². The SMILES string of the molecule is CN1c2ccccc2N(C2CCN(S(=O)(=O)CCC(F)(F)F)CC2)S1(=O)=O. The second-order valence-corrected chi connectivity index (χ2v) is 10.5. The Morgan fingerprint density at radius 2 is 1.67 bits per heavy atom. The van der Waals surface area contributed by atoms with Gasteiger partial charge in [0, 0.05) is 26.2 Å². The number of hydrogen-bond acceptors (Lipinski definition) is 4. The summed E-state index contributed by atoms with van der Waals surface area (Å²) in [4.78, 5) is 0. The van der Waals surface area contributed by atoms with Crippen LogP contribution in [0.25, 0.3) is 0 Å². The van der Waals surface area contributed by atoms with Gasteiger partial charge in [0.05, 0.1) is 23.5 Å². The number of para-hydroxylation sites is 2. The molecule has 12 heteroatoms. The predicted octanol–water partition coefficient (Wildman–Crippen LogP) is 1.93. The van der Waals surface area contributed by atoms with Crippen molar-refractivity contribution in [2.45, 2.75) is 31.5 Å². The summed E-state index contributed by atoms with van der Waals surface area (Å²) >= 11 is 0. The average molecular weight is 427 g/mol. The molecule has 1 aromatic rings. The molecule has 1 fully saturated rings. The lowest BCUT2D eigenvalue weighted by atomic mass is 10.1.